The van der Waals surface area contributed by atoms with Crippen molar-refractivity contribution in [3.63, 3.8) is 0 Å². The fraction of sp³-hybridized carbons (Fsp3) is 0.333. The third-order valence-electron chi connectivity index (χ3n) is 2.75. The largest absolute Gasteiger partial charge is 0.0625 e. The van der Waals surface area contributed by atoms with Crippen molar-refractivity contribution in [2.45, 2.75) is 33.6 Å². The molecule has 0 bridgehead atoms. The molecule has 0 N–H and O–H groups in total. The van der Waals surface area contributed by atoms with Crippen molar-refractivity contribution in [3.05, 3.63) is 71.8 Å². The second kappa shape index (κ2) is 8.52. The molecule has 96 valence electrons. The van der Waals surface area contributed by atoms with Gasteiger partial charge in [0.15, 0.2) is 0 Å². The SMILES string of the molecule is CC1CC1.Cc1ccccc1.Cc1ccccc1. The lowest BCUT2D eigenvalue weighted by Gasteiger charge is -1.82. The zero-order valence-electron chi connectivity index (χ0n) is 11.8. The van der Waals surface area contributed by atoms with E-state index in [0.29, 0.717) is 0 Å². The minimum Gasteiger partial charge on any atom is -0.0625 e. The van der Waals surface area contributed by atoms with Crippen LogP contribution in [0.1, 0.15) is 30.9 Å². The maximum Gasteiger partial charge on any atom is -0.0398 e. The summed E-state index contributed by atoms with van der Waals surface area (Å²) in [5, 5.41) is 0. The Labute approximate surface area is 112 Å². The summed E-state index contributed by atoms with van der Waals surface area (Å²) < 4.78 is 0. The molecule has 1 aliphatic carbocycles. The van der Waals surface area contributed by atoms with Crippen molar-refractivity contribution in [2.24, 2.45) is 5.92 Å². The molecule has 0 heterocycles. The molecule has 1 aliphatic rings. The first kappa shape index (κ1) is 14.5. The van der Waals surface area contributed by atoms with Gasteiger partial charge in [0.05, 0.1) is 0 Å². The highest BCUT2D eigenvalue weighted by Crippen LogP contribution is 2.26. The third kappa shape index (κ3) is 8.58. The van der Waals surface area contributed by atoms with Gasteiger partial charge in [-0.15, -0.1) is 0 Å². The molecule has 18 heavy (non-hydrogen) atoms. The Morgan fingerprint density at radius 3 is 1.06 bits per heavy atom. The van der Waals surface area contributed by atoms with Crippen molar-refractivity contribution in [1.82, 2.24) is 0 Å². The summed E-state index contributed by atoms with van der Waals surface area (Å²) in [6, 6.07) is 20.5. The van der Waals surface area contributed by atoms with Crippen LogP contribution in [0.3, 0.4) is 0 Å². The lowest BCUT2D eigenvalue weighted by atomic mass is 10.2. The van der Waals surface area contributed by atoms with Crippen LogP contribution >= 0.6 is 0 Å². The monoisotopic (exact) mass is 240 g/mol. The summed E-state index contributed by atoms with van der Waals surface area (Å²) in [6.07, 6.45) is 2.97. The van der Waals surface area contributed by atoms with Crippen LogP contribution in [0, 0.1) is 19.8 Å². The Morgan fingerprint density at radius 1 is 0.667 bits per heavy atom. The van der Waals surface area contributed by atoms with Gasteiger partial charge in [0, 0.05) is 0 Å². The number of benzene rings is 2. The smallest absolute Gasteiger partial charge is 0.0398 e. The molecule has 0 aliphatic heterocycles. The van der Waals surface area contributed by atoms with Gasteiger partial charge in [-0.3, -0.25) is 0 Å². The standard InChI is InChI=1S/2C7H8.C4H8/c2*1-7-5-3-2-4-6-7;1-4-2-3-4/h2*2-6H,1H3;4H,2-3H2,1H3. The molecule has 0 spiro atoms. The second-order valence-electron chi connectivity index (χ2n) is 4.99. The minimum atomic E-state index is 1.08. The molecule has 0 radical (unpaired) electrons. The van der Waals surface area contributed by atoms with Crippen LogP contribution in [0.25, 0.3) is 0 Å². The van der Waals surface area contributed by atoms with Gasteiger partial charge in [-0.2, -0.15) is 0 Å². The molecule has 2 aromatic rings. The maximum absolute atomic E-state index is 2.28. The van der Waals surface area contributed by atoms with Crippen LogP contribution in [0.5, 0.6) is 0 Å². The first-order chi connectivity index (χ1) is 8.68. The van der Waals surface area contributed by atoms with Crippen LogP contribution in [0.4, 0.5) is 0 Å². The van der Waals surface area contributed by atoms with Gasteiger partial charge in [-0.05, 0) is 19.8 Å². The van der Waals surface area contributed by atoms with E-state index in [0.717, 1.165) is 5.92 Å². The first-order valence-electron chi connectivity index (χ1n) is 6.72. The number of aryl methyl sites for hydroxylation is 2. The van der Waals surface area contributed by atoms with Crippen LogP contribution in [-0.2, 0) is 0 Å². The van der Waals surface area contributed by atoms with Crippen molar-refractivity contribution < 1.29 is 0 Å². The predicted molar refractivity (Wildman–Crippen MR) is 80.8 cm³/mol. The summed E-state index contributed by atoms with van der Waals surface area (Å²) in [5.41, 5.74) is 2.64. The first-order valence-corrected chi connectivity index (χ1v) is 6.72. The molecule has 0 amide bonds. The molecular formula is C18H24. The molecule has 0 unspecified atom stereocenters. The maximum atomic E-state index is 2.28. The molecule has 0 atom stereocenters. The molecule has 0 aromatic heterocycles. The quantitative estimate of drug-likeness (QED) is 0.578. The van der Waals surface area contributed by atoms with Gasteiger partial charge in [0.1, 0.15) is 0 Å². The predicted octanol–water partition coefficient (Wildman–Crippen LogP) is 5.41. The fourth-order valence-corrected chi connectivity index (χ4v) is 1.24. The van der Waals surface area contributed by atoms with Crippen molar-refractivity contribution in [3.8, 4) is 0 Å². The Hall–Kier alpha value is -1.56. The Morgan fingerprint density at radius 2 is 0.944 bits per heavy atom. The van der Waals surface area contributed by atoms with Crippen molar-refractivity contribution in [2.75, 3.05) is 0 Å². The highest BCUT2D eigenvalue weighted by Gasteiger charge is 2.12. The van der Waals surface area contributed by atoms with E-state index in [2.05, 4.69) is 45.0 Å². The average Bonchev–Trinajstić information content (AvgIpc) is 3.15. The van der Waals surface area contributed by atoms with E-state index in [-0.39, 0.29) is 0 Å². The molecule has 0 nitrogen and oxygen atoms in total. The summed E-state index contributed by atoms with van der Waals surface area (Å²) in [4.78, 5) is 0. The van der Waals surface area contributed by atoms with Crippen LogP contribution < -0.4 is 0 Å². The molecule has 0 saturated heterocycles. The zero-order chi connectivity index (χ0) is 13.2. The molecule has 3 rings (SSSR count). The van der Waals surface area contributed by atoms with Gasteiger partial charge in [-0.1, -0.05) is 91.6 Å². The van der Waals surface area contributed by atoms with Crippen molar-refractivity contribution in [1.29, 1.82) is 0 Å². The second-order valence-corrected chi connectivity index (χ2v) is 4.99. The highest BCUT2D eigenvalue weighted by atomic mass is 14.2. The van der Waals surface area contributed by atoms with Gasteiger partial charge >= 0.3 is 0 Å². The van der Waals surface area contributed by atoms with Gasteiger partial charge in [0.25, 0.3) is 0 Å². The molecule has 2 aromatic carbocycles. The summed E-state index contributed by atoms with van der Waals surface area (Å²) in [5.74, 6) is 1.08. The Bertz CT molecular complexity index is 361. The van der Waals surface area contributed by atoms with Gasteiger partial charge < -0.3 is 0 Å². The average molecular weight is 240 g/mol. The minimum absolute atomic E-state index is 1.08. The van der Waals surface area contributed by atoms with E-state index in [9.17, 15) is 0 Å². The molecule has 1 saturated carbocycles. The van der Waals surface area contributed by atoms with Crippen LogP contribution in [0.15, 0.2) is 60.7 Å². The summed E-state index contributed by atoms with van der Waals surface area (Å²) in [6.45, 7) is 6.44. The van der Waals surface area contributed by atoms with E-state index in [1.54, 1.807) is 0 Å². The fourth-order valence-electron chi connectivity index (χ4n) is 1.24. The highest BCUT2D eigenvalue weighted by molar-refractivity contribution is 5.12. The number of hydrogen-bond acceptors (Lipinski definition) is 0. The normalized spacial score (nSPS) is 12.6. The van der Waals surface area contributed by atoms with Crippen LogP contribution in [-0.4, -0.2) is 0 Å². The molecule has 0 heteroatoms. The molecule has 1 fully saturated rings. The van der Waals surface area contributed by atoms with E-state index in [1.165, 1.54) is 24.0 Å². The lowest BCUT2D eigenvalue weighted by Crippen LogP contribution is -1.62. The van der Waals surface area contributed by atoms with Gasteiger partial charge in [0.2, 0.25) is 0 Å². The number of hydrogen-bond donors (Lipinski definition) is 0. The van der Waals surface area contributed by atoms with Gasteiger partial charge in [-0.25, -0.2) is 0 Å². The van der Waals surface area contributed by atoms with E-state index >= 15 is 0 Å². The Balaban J connectivity index is 0.000000140. The third-order valence-corrected chi connectivity index (χ3v) is 2.75. The lowest BCUT2D eigenvalue weighted by molar-refractivity contribution is 0.983. The number of rotatable bonds is 0. The summed E-state index contributed by atoms with van der Waals surface area (Å²) >= 11 is 0. The van der Waals surface area contributed by atoms with E-state index < -0.39 is 0 Å². The molecular weight excluding hydrogens is 216 g/mol. The topological polar surface area (TPSA) is 0 Å². The summed E-state index contributed by atoms with van der Waals surface area (Å²) in [7, 11) is 0. The van der Waals surface area contributed by atoms with Crippen molar-refractivity contribution >= 4 is 0 Å². The van der Waals surface area contributed by atoms with E-state index in [1.807, 2.05) is 36.4 Å². The van der Waals surface area contributed by atoms with E-state index in [4.69, 9.17) is 0 Å². The van der Waals surface area contributed by atoms with Crippen LogP contribution in [0.2, 0.25) is 0 Å². The Kier molecular flexibility index (Phi) is 6.86. The zero-order valence-corrected chi connectivity index (χ0v) is 11.8.